The zero-order valence-corrected chi connectivity index (χ0v) is 26.8. The van der Waals surface area contributed by atoms with Crippen LogP contribution in [-0.4, -0.2) is 55.0 Å². The Morgan fingerprint density at radius 2 is 1.51 bits per heavy atom. The van der Waals surface area contributed by atoms with Crippen molar-refractivity contribution in [2.24, 2.45) is 16.8 Å². The lowest BCUT2D eigenvalue weighted by Gasteiger charge is -2.33. The zero-order chi connectivity index (χ0) is 30.7. The molecule has 0 saturated heterocycles. The second-order valence-electron chi connectivity index (χ2n) is 13.0. The van der Waals surface area contributed by atoms with E-state index in [2.05, 4.69) is 74.4 Å². The molecule has 0 spiro atoms. The Labute approximate surface area is 255 Å². The smallest absolute Gasteiger partial charge is 0.414 e. The lowest BCUT2D eigenvalue weighted by molar-refractivity contribution is 0.0327. The van der Waals surface area contributed by atoms with Gasteiger partial charge in [0, 0.05) is 55.1 Å². The summed E-state index contributed by atoms with van der Waals surface area (Å²) in [6.45, 7) is 17.7. The van der Waals surface area contributed by atoms with Gasteiger partial charge in [0.1, 0.15) is 5.60 Å². The van der Waals surface area contributed by atoms with Gasteiger partial charge in [-0.15, -0.1) is 0 Å². The number of amides is 1. The number of ether oxygens (including phenoxy) is 1. The molecule has 1 amide bonds. The van der Waals surface area contributed by atoms with Crippen LogP contribution >= 0.6 is 0 Å². The number of carbonyl (C=O) groups is 1. The number of benzene rings is 2. The van der Waals surface area contributed by atoms with Crippen LogP contribution in [0.5, 0.6) is 0 Å². The first-order chi connectivity index (χ1) is 20.5. The van der Waals surface area contributed by atoms with Gasteiger partial charge >= 0.3 is 6.09 Å². The fourth-order valence-electron chi connectivity index (χ4n) is 5.54. The summed E-state index contributed by atoms with van der Waals surface area (Å²) in [5, 5.41) is 11.3. The monoisotopic (exact) mass is 582 g/mol. The highest BCUT2D eigenvalue weighted by molar-refractivity contribution is 6.03. The topological polar surface area (TPSA) is 77.5 Å². The molecular weight excluding hydrogens is 536 g/mol. The molecule has 228 valence electrons. The van der Waals surface area contributed by atoms with Crippen molar-refractivity contribution in [1.82, 2.24) is 24.5 Å². The predicted molar refractivity (Wildman–Crippen MR) is 175 cm³/mol. The second-order valence-corrected chi connectivity index (χ2v) is 13.0. The maximum atomic E-state index is 12.7. The molecule has 4 heterocycles. The minimum Gasteiger partial charge on any atom is -0.443 e. The van der Waals surface area contributed by atoms with Crippen LogP contribution in [0.4, 0.5) is 4.79 Å². The Hall–Kier alpha value is -3.94. The van der Waals surface area contributed by atoms with Crippen molar-refractivity contribution in [3.05, 3.63) is 66.0 Å². The molecule has 0 aliphatic carbocycles. The van der Waals surface area contributed by atoms with Gasteiger partial charge in [0.2, 0.25) is 0 Å². The maximum Gasteiger partial charge on any atom is 0.414 e. The molecule has 0 fully saturated rings. The number of aromatic nitrogens is 4. The van der Waals surface area contributed by atoms with E-state index in [0.717, 1.165) is 66.1 Å². The predicted octanol–water partition coefficient (Wildman–Crippen LogP) is 7.95. The van der Waals surface area contributed by atoms with Crippen LogP contribution in [-0.2, 0) is 17.8 Å². The van der Waals surface area contributed by atoms with Gasteiger partial charge < -0.3 is 4.74 Å². The van der Waals surface area contributed by atoms with E-state index < -0.39 is 5.60 Å². The van der Waals surface area contributed by atoms with E-state index in [1.807, 2.05) is 48.5 Å². The summed E-state index contributed by atoms with van der Waals surface area (Å²) in [6.07, 6.45) is 9.34. The number of nitrogens with zero attached hydrogens (tertiary/aromatic N) is 6. The third-order valence-electron chi connectivity index (χ3n) is 7.96. The first-order valence-electron chi connectivity index (χ1n) is 15.7. The van der Waals surface area contributed by atoms with Gasteiger partial charge in [0.05, 0.1) is 16.7 Å². The Morgan fingerprint density at radius 1 is 0.907 bits per heavy atom. The molecule has 0 unspecified atom stereocenters. The standard InChI is InChI=1S/C20H27N3O2.C15H19N3/c1-6-22-13-16-11-15(8-9-17(16)21-22)18-10-7-14(2)12-23(18)19(24)25-20(3,4)5;1-3-18-10-13-8-12(5-7-15(13)17-18)14-6-4-11(2)9-16-14/h8-11,13-14H,6-7,12H2,1-5H3;5,7-8,10-11H,3-4,6,9H2,1-2H3/t14-;11-/m00/s1. The van der Waals surface area contributed by atoms with Crippen LogP contribution < -0.4 is 0 Å². The molecule has 2 aliphatic rings. The largest absolute Gasteiger partial charge is 0.443 e. The summed E-state index contributed by atoms with van der Waals surface area (Å²) in [7, 11) is 0. The molecule has 0 radical (unpaired) electrons. The molecule has 4 aromatic rings. The number of rotatable bonds is 4. The van der Waals surface area contributed by atoms with Crippen molar-refractivity contribution in [3.8, 4) is 0 Å². The van der Waals surface area contributed by atoms with Crippen molar-refractivity contribution in [3.63, 3.8) is 0 Å². The molecule has 0 N–H and O–H groups in total. The van der Waals surface area contributed by atoms with Gasteiger partial charge in [0.15, 0.2) is 0 Å². The van der Waals surface area contributed by atoms with Crippen LogP contribution in [0.25, 0.3) is 27.5 Å². The number of hydrogen-bond acceptors (Lipinski definition) is 5. The molecule has 6 rings (SSSR count). The lowest BCUT2D eigenvalue weighted by Crippen LogP contribution is -2.39. The highest BCUT2D eigenvalue weighted by Crippen LogP contribution is 2.31. The average molecular weight is 583 g/mol. The van der Waals surface area contributed by atoms with Gasteiger partial charge in [-0.1, -0.05) is 32.1 Å². The van der Waals surface area contributed by atoms with E-state index in [4.69, 9.17) is 9.73 Å². The first-order valence-corrected chi connectivity index (χ1v) is 15.7. The number of carbonyl (C=O) groups excluding carboxylic acids is 1. The van der Waals surface area contributed by atoms with Gasteiger partial charge in [0.25, 0.3) is 0 Å². The van der Waals surface area contributed by atoms with Gasteiger partial charge in [-0.05, 0) is 101 Å². The molecule has 2 aromatic heterocycles. The van der Waals surface area contributed by atoms with Gasteiger partial charge in [-0.3, -0.25) is 19.3 Å². The lowest BCUT2D eigenvalue weighted by atomic mass is 9.95. The number of aliphatic imine (C=N–C) groups is 1. The quantitative estimate of drug-likeness (QED) is 0.245. The molecule has 0 saturated carbocycles. The number of hydrogen-bond donors (Lipinski definition) is 0. The molecular formula is C35H46N6O2. The third-order valence-corrected chi connectivity index (χ3v) is 7.96. The van der Waals surface area contributed by atoms with Gasteiger partial charge in [-0.25, -0.2) is 4.79 Å². The first kappa shape index (κ1) is 30.5. The van der Waals surface area contributed by atoms with Crippen molar-refractivity contribution in [2.45, 2.75) is 86.4 Å². The summed E-state index contributed by atoms with van der Waals surface area (Å²) in [5.41, 5.74) is 6.03. The Kier molecular flexibility index (Phi) is 9.04. The van der Waals surface area contributed by atoms with Crippen molar-refractivity contribution in [2.75, 3.05) is 13.1 Å². The number of aryl methyl sites for hydroxylation is 2. The molecule has 8 nitrogen and oxygen atoms in total. The molecule has 43 heavy (non-hydrogen) atoms. The highest BCUT2D eigenvalue weighted by Gasteiger charge is 2.29. The molecule has 2 aromatic carbocycles. The van der Waals surface area contributed by atoms with Gasteiger partial charge in [-0.2, -0.15) is 10.2 Å². The Morgan fingerprint density at radius 3 is 2.07 bits per heavy atom. The fourth-order valence-corrected chi connectivity index (χ4v) is 5.54. The van der Waals surface area contributed by atoms with Crippen molar-refractivity contribution >= 4 is 39.3 Å². The minimum absolute atomic E-state index is 0.283. The summed E-state index contributed by atoms with van der Waals surface area (Å²) in [5.74, 6) is 1.16. The molecule has 2 atom stereocenters. The van der Waals surface area contributed by atoms with E-state index in [-0.39, 0.29) is 6.09 Å². The second kappa shape index (κ2) is 12.7. The maximum absolute atomic E-state index is 12.7. The van der Waals surface area contributed by atoms with E-state index >= 15 is 0 Å². The molecule has 2 aliphatic heterocycles. The van der Waals surface area contributed by atoms with Crippen LogP contribution in [0.1, 0.15) is 78.9 Å². The van der Waals surface area contributed by atoms with E-state index in [0.29, 0.717) is 12.5 Å². The SMILES string of the molecule is CCn1cc2cc(C3=CC[C@H](C)CN3C(=O)OC(C)(C)C)ccc2n1.CCn1cc2cc(C3=NC[C@@H](C)CC3)ccc2n1. The Bertz CT molecular complexity index is 1650. The number of fused-ring (bicyclic) bond motifs is 2. The summed E-state index contributed by atoms with van der Waals surface area (Å²) < 4.78 is 9.53. The van der Waals surface area contributed by atoms with E-state index in [1.165, 1.54) is 23.1 Å². The molecule has 0 bridgehead atoms. The summed E-state index contributed by atoms with van der Waals surface area (Å²) in [6, 6.07) is 12.6. The normalized spacial score (nSPS) is 19.1. The Balaban J connectivity index is 0.000000180. The zero-order valence-electron chi connectivity index (χ0n) is 26.8. The fraction of sp³-hybridized carbons (Fsp3) is 0.486. The summed E-state index contributed by atoms with van der Waals surface area (Å²) >= 11 is 0. The van der Waals surface area contributed by atoms with E-state index in [9.17, 15) is 4.79 Å². The van der Waals surface area contributed by atoms with Crippen molar-refractivity contribution < 1.29 is 9.53 Å². The summed E-state index contributed by atoms with van der Waals surface area (Å²) in [4.78, 5) is 19.2. The van der Waals surface area contributed by atoms with Crippen LogP contribution in [0.15, 0.2) is 59.9 Å². The van der Waals surface area contributed by atoms with Crippen LogP contribution in [0, 0.1) is 11.8 Å². The average Bonchev–Trinajstić information content (AvgIpc) is 3.60. The molecule has 8 heteroatoms. The van der Waals surface area contributed by atoms with Crippen LogP contribution in [0.3, 0.4) is 0 Å². The number of allylic oxidation sites excluding steroid dienone is 1. The van der Waals surface area contributed by atoms with Crippen molar-refractivity contribution in [1.29, 1.82) is 0 Å². The van der Waals surface area contributed by atoms with Crippen LogP contribution in [0.2, 0.25) is 0 Å². The third kappa shape index (κ3) is 7.35. The highest BCUT2D eigenvalue weighted by atomic mass is 16.6. The minimum atomic E-state index is -0.505. The van der Waals surface area contributed by atoms with E-state index in [1.54, 1.807) is 4.90 Å².